The van der Waals surface area contributed by atoms with Crippen molar-refractivity contribution in [1.29, 1.82) is 0 Å². The maximum Gasteiger partial charge on any atom is 0.410 e. The van der Waals surface area contributed by atoms with E-state index in [-0.39, 0.29) is 6.09 Å². The first-order valence-electron chi connectivity index (χ1n) is 9.16. The van der Waals surface area contributed by atoms with Gasteiger partial charge in [-0.1, -0.05) is 6.07 Å². The molecule has 3 rings (SSSR count). The van der Waals surface area contributed by atoms with Crippen molar-refractivity contribution < 1.29 is 14.3 Å². The van der Waals surface area contributed by atoms with Crippen molar-refractivity contribution in [3.63, 3.8) is 0 Å². The van der Waals surface area contributed by atoms with Crippen molar-refractivity contribution in [3.05, 3.63) is 24.4 Å². The van der Waals surface area contributed by atoms with Crippen LogP contribution in [0.2, 0.25) is 0 Å². The number of hydrogen-bond donors (Lipinski definition) is 0. The van der Waals surface area contributed by atoms with Gasteiger partial charge in [0.1, 0.15) is 5.60 Å². The van der Waals surface area contributed by atoms with Crippen LogP contribution >= 0.6 is 0 Å². The number of piperazine rings is 1. The SMILES string of the molecule is CC(C)(C)OC(=O)N1CCN2C[C@H](COc3ccccn3)CC[C@H]2C1. The quantitative estimate of drug-likeness (QED) is 0.841. The summed E-state index contributed by atoms with van der Waals surface area (Å²) in [6.45, 7) is 9.87. The maximum absolute atomic E-state index is 12.3. The molecule has 2 aliphatic rings. The molecule has 0 bridgehead atoms. The lowest BCUT2D eigenvalue weighted by Gasteiger charge is -2.46. The lowest BCUT2D eigenvalue weighted by molar-refractivity contribution is -0.0123. The number of piperidine rings is 1. The molecule has 2 fully saturated rings. The molecule has 138 valence electrons. The molecule has 1 amide bonds. The summed E-state index contributed by atoms with van der Waals surface area (Å²) in [5, 5.41) is 0. The number of nitrogens with zero attached hydrogens (tertiary/aromatic N) is 3. The van der Waals surface area contributed by atoms with Gasteiger partial charge in [-0.25, -0.2) is 9.78 Å². The van der Waals surface area contributed by atoms with Gasteiger partial charge in [0, 0.05) is 50.4 Å². The molecule has 0 saturated carbocycles. The second kappa shape index (κ2) is 7.60. The van der Waals surface area contributed by atoms with E-state index in [0.29, 0.717) is 24.4 Å². The molecule has 0 aromatic carbocycles. The Morgan fingerprint density at radius 1 is 1.24 bits per heavy atom. The molecule has 0 radical (unpaired) electrons. The van der Waals surface area contributed by atoms with E-state index in [0.717, 1.165) is 39.0 Å². The van der Waals surface area contributed by atoms with Gasteiger partial charge in [0.15, 0.2) is 0 Å². The molecule has 6 nitrogen and oxygen atoms in total. The van der Waals surface area contributed by atoms with Gasteiger partial charge >= 0.3 is 6.09 Å². The van der Waals surface area contributed by atoms with Crippen LogP contribution in [0.25, 0.3) is 0 Å². The van der Waals surface area contributed by atoms with Crippen molar-refractivity contribution in [1.82, 2.24) is 14.8 Å². The van der Waals surface area contributed by atoms with E-state index in [9.17, 15) is 4.79 Å². The first-order valence-corrected chi connectivity index (χ1v) is 9.16. The minimum absolute atomic E-state index is 0.187. The lowest BCUT2D eigenvalue weighted by atomic mass is 9.91. The number of fused-ring (bicyclic) bond motifs is 1. The Bertz CT molecular complexity index is 573. The molecule has 0 spiro atoms. The second-order valence-electron chi connectivity index (χ2n) is 8.00. The number of amides is 1. The molecule has 0 aliphatic carbocycles. The molecular weight excluding hydrogens is 318 g/mol. The molecule has 2 saturated heterocycles. The van der Waals surface area contributed by atoms with Crippen LogP contribution in [0.1, 0.15) is 33.6 Å². The number of ether oxygens (including phenoxy) is 2. The van der Waals surface area contributed by atoms with E-state index in [4.69, 9.17) is 9.47 Å². The van der Waals surface area contributed by atoms with Crippen LogP contribution < -0.4 is 4.74 Å². The standard InChI is InChI=1S/C19H29N3O3/c1-19(2,3)25-18(23)22-11-10-21-12-15(7-8-16(21)13-22)14-24-17-6-4-5-9-20-17/h4-6,9,15-16H,7-8,10-14H2,1-3H3/t15-,16+/m1/s1. The number of hydrogen-bond acceptors (Lipinski definition) is 5. The summed E-state index contributed by atoms with van der Waals surface area (Å²) in [7, 11) is 0. The minimum atomic E-state index is -0.436. The second-order valence-corrected chi connectivity index (χ2v) is 8.00. The van der Waals surface area contributed by atoms with Crippen LogP contribution in [0.15, 0.2) is 24.4 Å². The van der Waals surface area contributed by atoms with Crippen molar-refractivity contribution >= 4 is 6.09 Å². The summed E-state index contributed by atoms with van der Waals surface area (Å²) in [5.74, 6) is 1.21. The monoisotopic (exact) mass is 347 g/mol. The Morgan fingerprint density at radius 2 is 2.08 bits per heavy atom. The van der Waals surface area contributed by atoms with Gasteiger partial charge in [-0.05, 0) is 39.7 Å². The smallest absolute Gasteiger partial charge is 0.410 e. The van der Waals surface area contributed by atoms with E-state index in [2.05, 4.69) is 9.88 Å². The van der Waals surface area contributed by atoms with Crippen LogP contribution in [0.3, 0.4) is 0 Å². The molecule has 1 aromatic rings. The van der Waals surface area contributed by atoms with Crippen molar-refractivity contribution in [2.45, 2.75) is 45.3 Å². The lowest BCUT2D eigenvalue weighted by Crippen LogP contribution is -2.58. The summed E-state index contributed by atoms with van der Waals surface area (Å²) in [6.07, 6.45) is 3.78. The Balaban J connectivity index is 1.46. The molecular formula is C19H29N3O3. The fourth-order valence-corrected chi connectivity index (χ4v) is 3.52. The van der Waals surface area contributed by atoms with Crippen LogP contribution in [-0.2, 0) is 4.74 Å². The first kappa shape index (κ1) is 18.0. The van der Waals surface area contributed by atoms with E-state index >= 15 is 0 Å². The number of rotatable bonds is 3. The summed E-state index contributed by atoms with van der Waals surface area (Å²) in [6, 6.07) is 6.16. The molecule has 0 unspecified atom stereocenters. The molecule has 25 heavy (non-hydrogen) atoms. The topological polar surface area (TPSA) is 54.9 Å². The van der Waals surface area contributed by atoms with Gasteiger partial charge < -0.3 is 14.4 Å². The highest BCUT2D eigenvalue weighted by molar-refractivity contribution is 5.68. The summed E-state index contributed by atoms with van der Waals surface area (Å²) in [4.78, 5) is 20.8. The molecule has 2 atom stereocenters. The van der Waals surface area contributed by atoms with E-state index in [1.54, 1.807) is 6.20 Å². The Labute approximate surface area is 150 Å². The number of carbonyl (C=O) groups excluding carboxylic acids is 1. The van der Waals surface area contributed by atoms with Gasteiger partial charge in [-0.3, -0.25) is 4.90 Å². The fraction of sp³-hybridized carbons (Fsp3) is 0.684. The van der Waals surface area contributed by atoms with Crippen molar-refractivity contribution in [3.8, 4) is 5.88 Å². The van der Waals surface area contributed by atoms with Crippen LogP contribution in [0.5, 0.6) is 5.88 Å². The van der Waals surface area contributed by atoms with Gasteiger partial charge in [-0.15, -0.1) is 0 Å². The van der Waals surface area contributed by atoms with E-state index in [1.807, 2.05) is 43.9 Å². The molecule has 0 N–H and O–H groups in total. The summed E-state index contributed by atoms with van der Waals surface area (Å²) >= 11 is 0. The predicted octanol–water partition coefficient (Wildman–Crippen LogP) is 2.79. The van der Waals surface area contributed by atoms with Crippen LogP contribution in [0, 0.1) is 5.92 Å². The normalized spacial score (nSPS) is 24.5. The number of aromatic nitrogens is 1. The Morgan fingerprint density at radius 3 is 2.80 bits per heavy atom. The molecule has 2 aliphatic heterocycles. The van der Waals surface area contributed by atoms with Crippen molar-refractivity contribution in [2.75, 3.05) is 32.8 Å². The predicted molar refractivity (Wildman–Crippen MR) is 95.6 cm³/mol. The minimum Gasteiger partial charge on any atom is -0.477 e. The Hall–Kier alpha value is -1.82. The van der Waals surface area contributed by atoms with Gasteiger partial charge in [-0.2, -0.15) is 0 Å². The fourth-order valence-electron chi connectivity index (χ4n) is 3.52. The highest BCUT2D eigenvalue weighted by Crippen LogP contribution is 2.26. The van der Waals surface area contributed by atoms with E-state index < -0.39 is 5.60 Å². The summed E-state index contributed by atoms with van der Waals surface area (Å²) < 4.78 is 11.3. The van der Waals surface area contributed by atoms with Gasteiger partial charge in [0.2, 0.25) is 5.88 Å². The number of pyridine rings is 1. The van der Waals surface area contributed by atoms with E-state index in [1.165, 1.54) is 0 Å². The zero-order valence-electron chi connectivity index (χ0n) is 15.5. The van der Waals surface area contributed by atoms with Crippen LogP contribution in [-0.4, -0.2) is 65.3 Å². The third-order valence-electron chi connectivity index (χ3n) is 4.76. The largest absolute Gasteiger partial charge is 0.477 e. The first-order chi connectivity index (χ1) is 11.9. The highest BCUT2D eigenvalue weighted by atomic mass is 16.6. The summed E-state index contributed by atoms with van der Waals surface area (Å²) in [5.41, 5.74) is -0.436. The van der Waals surface area contributed by atoms with Gasteiger partial charge in [0.05, 0.1) is 6.61 Å². The highest BCUT2D eigenvalue weighted by Gasteiger charge is 2.35. The third kappa shape index (κ3) is 5.08. The number of carbonyl (C=O) groups is 1. The Kier molecular flexibility index (Phi) is 5.47. The zero-order valence-corrected chi connectivity index (χ0v) is 15.5. The average molecular weight is 347 g/mol. The third-order valence-corrected chi connectivity index (χ3v) is 4.76. The molecule has 1 aromatic heterocycles. The maximum atomic E-state index is 12.3. The van der Waals surface area contributed by atoms with Crippen LogP contribution in [0.4, 0.5) is 4.79 Å². The van der Waals surface area contributed by atoms with Crippen molar-refractivity contribution in [2.24, 2.45) is 5.92 Å². The molecule has 3 heterocycles. The zero-order chi connectivity index (χ0) is 17.9. The van der Waals surface area contributed by atoms with Gasteiger partial charge in [0.25, 0.3) is 0 Å². The average Bonchev–Trinajstić information content (AvgIpc) is 2.59. The molecule has 6 heteroatoms.